The standard InChI is InChI=1S/C13H14N4O4S/c18-10(7-12(20)21)6-11(19)8-22-13(14-16-17-15-13)9-4-2-1-3-5-9/h1-5,11,19H,6-8H2,(H,20,21)/t11-/m0/s1. The molecule has 0 unspecified atom stereocenters. The molecule has 8 nitrogen and oxygen atoms in total. The molecule has 0 saturated heterocycles. The van der Waals surface area contributed by atoms with Gasteiger partial charge in [0.1, 0.15) is 12.2 Å². The molecule has 0 bridgehead atoms. The predicted octanol–water partition coefficient (Wildman–Crippen LogP) is 2.16. The van der Waals surface area contributed by atoms with Gasteiger partial charge in [-0.1, -0.05) is 42.1 Å². The molecule has 116 valence electrons. The molecule has 2 N–H and O–H groups in total. The van der Waals surface area contributed by atoms with Crippen molar-refractivity contribution in [3.8, 4) is 0 Å². The Morgan fingerprint density at radius 2 is 1.82 bits per heavy atom. The van der Waals surface area contributed by atoms with E-state index < -0.39 is 29.3 Å². The van der Waals surface area contributed by atoms with Gasteiger partial charge in [-0.3, -0.25) is 9.59 Å². The summed E-state index contributed by atoms with van der Waals surface area (Å²) < 4.78 is 0. The Labute approximate surface area is 130 Å². The third kappa shape index (κ3) is 4.18. The number of rotatable bonds is 8. The highest BCUT2D eigenvalue weighted by Crippen LogP contribution is 2.43. The van der Waals surface area contributed by atoms with Crippen molar-refractivity contribution < 1.29 is 19.8 Å². The van der Waals surface area contributed by atoms with Crippen LogP contribution < -0.4 is 0 Å². The molecule has 1 aromatic rings. The molecule has 0 radical (unpaired) electrons. The monoisotopic (exact) mass is 322 g/mol. The van der Waals surface area contributed by atoms with Crippen molar-refractivity contribution in [2.75, 3.05) is 5.75 Å². The summed E-state index contributed by atoms with van der Waals surface area (Å²) in [4.78, 5) is 20.8. The molecule has 0 fully saturated rings. The number of Topliss-reactive ketones (excluding diaryl/α,β-unsaturated/α-hetero) is 1. The molecular formula is C13H14N4O4S. The second-order valence-electron chi connectivity index (χ2n) is 4.63. The number of hydrogen-bond acceptors (Lipinski definition) is 8. The van der Waals surface area contributed by atoms with E-state index in [1.165, 1.54) is 11.8 Å². The summed E-state index contributed by atoms with van der Waals surface area (Å²) in [5.74, 6) is -1.58. The minimum atomic E-state index is -1.20. The summed E-state index contributed by atoms with van der Waals surface area (Å²) >= 11 is 1.18. The SMILES string of the molecule is O=C(O)CC(=O)C[C@H](O)CSC1(c2ccccc2)N=NN=N1. The Hall–Kier alpha value is -2.13. The van der Waals surface area contributed by atoms with E-state index >= 15 is 0 Å². The molecule has 0 amide bonds. The number of nitrogens with zero attached hydrogens (tertiary/aromatic N) is 4. The van der Waals surface area contributed by atoms with E-state index in [1.54, 1.807) is 0 Å². The minimum absolute atomic E-state index is 0.151. The van der Waals surface area contributed by atoms with Crippen molar-refractivity contribution in [2.24, 2.45) is 20.7 Å². The van der Waals surface area contributed by atoms with Crippen LogP contribution in [0.2, 0.25) is 0 Å². The van der Waals surface area contributed by atoms with Gasteiger partial charge in [-0.05, 0) is 10.4 Å². The van der Waals surface area contributed by atoms with E-state index in [2.05, 4.69) is 20.7 Å². The first-order valence-electron chi connectivity index (χ1n) is 6.47. The lowest BCUT2D eigenvalue weighted by Gasteiger charge is -2.20. The minimum Gasteiger partial charge on any atom is -0.481 e. The Bertz CT molecular complexity index is 593. The van der Waals surface area contributed by atoms with Crippen LogP contribution in [0.3, 0.4) is 0 Å². The van der Waals surface area contributed by atoms with Crippen LogP contribution in [0.4, 0.5) is 0 Å². The second-order valence-corrected chi connectivity index (χ2v) is 5.82. The van der Waals surface area contributed by atoms with Crippen LogP contribution in [-0.2, 0) is 14.6 Å². The van der Waals surface area contributed by atoms with Gasteiger partial charge in [-0.2, -0.15) is 0 Å². The molecule has 0 aliphatic carbocycles. The Balaban J connectivity index is 1.96. The van der Waals surface area contributed by atoms with Crippen molar-refractivity contribution in [3.05, 3.63) is 35.9 Å². The van der Waals surface area contributed by atoms with E-state index in [1.807, 2.05) is 30.3 Å². The summed E-state index contributed by atoms with van der Waals surface area (Å²) in [6, 6.07) is 9.14. The smallest absolute Gasteiger partial charge is 0.310 e. The highest BCUT2D eigenvalue weighted by Gasteiger charge is 2.36. The number of benzene rings is 1. The zero-order chi connectivity index (χ0) is 16.0. The molecular weight excluding hydrogens is 308 g/mol. The van der Waals surface area contributed by atoms with Gasteiger partial charge in [0.25, 0.3) is 4.99 Å². The lowest BCUT2D eigenvalue weighted by molar-refractivity contribution is -0.140. The molecule has 9 heteroatoms. The van der Waals surface area contributed by atoms with Crippen molar-refractivity contribution in [1.29, 1.82) is 0 Å². The fourth-order valence-electron chi connectivity index (χ4n) is 1.87. The fraction of sp³-hybridized carbons (Fsp3) is 0.385. The van der Waals surface area contributed by atoms with Gasteiger partial charge in [0, 0.05) is 17.7 Å². The molecule has 1 aromatic carbocycles. The fourth-order valence-corrected chi connectivity index (χ4v) is 2.90. The highest BCUT2D eigenvalue weighted by molar-refractivity contribution is 8.00. The van der Waals surface area contributed by atoms with Crippen LogP contribution in [-0.4, -0.2) is 33.8 Å². The largest absolute Gasteiger partial charge is 0.481 e. The van der Waals surface area contributed by atoms with Crippen molar-refractivity contribution in [3.63, 3.8) is 0 Å². The lowest BCUT2D eigenvalue weighted by atomic mass is 10.1. The number of carboxylic acid groups (broad SMARTS) is 1. The van der Waals surface area contributed by atoms with Gasteiger partial charge < -0.3 is 10.2 Å². The Morgan fingerprint density at radius 3 is 2.41 bits per heavy atom. The molecule has 22 heavy (non-hydrogen) atoms. The second kappa shape index (κ2) is 7.23. The van der Waals surface area contributed by atoms with Crippen molar-refractivity contribution in [1.82, 2.24) is 0 Å². The number of thioether (sulfide) groups is 1. The molecule has 1 aliphatic rings. The molecule has 0 spiro atoms. The van der Waals surface area contributed by atoms with Gasteiger partial charge in [0.05, 0.1) is 6.10 Å². The first-order chi connectivity index (χ1) is 10.5. The average molecular weight is 322 g/mol. The van der Waals surface area contributed by atoms with Gasteiger partial charge in [0.15, 0.2) is 0 Å². The first-order valence-corrected chi connectivity index (χ1v) is 7.45. The predicted molar refractivity (Wildman–Crippen MR) is 78.2 cm³/mol. The number of ketones is 1. The van der Waals surface area contributed by atoms with Gasteiger partial charge >= 0.3 is 5.97 Å². The average Bonchev–Trinajstić information content (AvgIpc) is 2.95. The molecule has 2 rings (SSSR count). The highest BCUT2D eigenvalue weighted by atomic mass is 32.2. The number of aliphatic hydroxyl groups is 1. The maximum absolute atomic E-state index is 11.4. The number of carbonyl (C=O) groups excluding carboxylic acids is 1. The van der Waals surface area contributed by atoms with Crippen molar-refractivity contribution in [2.45, 2.75) is 23.9 Å². The van der Waals surface area contributed by atoms with E-state index in [0.29, 0.717) is 0 Å². The Morgan fingerprint density at radius 1 is 1.18 bits per heavy atom. The Kier molecular flexibility index (Phi) is 5.34. The normalized spacial score (nSPS) is 16.6. The lowest BCUT2D eigenvalue weighted by Crippen LogP contribution is -2.22. The summed E-state index contributed by atoms with van der Waals surface area (Å²) in [6.07, 6.45) is -1.80. The molecule has 0 aromatic heterocycles. The van der Waals surface area contributed by atoms with E-state index in [9.17, 15) is 14.7 Å². The van der Waals surface area contributed by atoms with Crippen LogP contribution in [0.1, 0.15) is 18.4 Å². The van der Waals surface area contributed by atoms with Crippen LogP contribution in [0, 0.1) is 0 Å². The molecule has 0 saturated carbocycles. The van der Waals surface area contributed by atoms with Gasteiger partial charge in [-0.25, -0.2) is 0 Å². The first kappa shape index (κ1) is 16.2. The van der Waals surface area contributed by atoms with E-state index in [4.69, 9.17) is 5.11 Å². The zero-order valence-electron chi connectivity index (χ0n) is 11.5. The molecule has 1 heterocycles. The molecule has 1 aliphatic heterocycles. The van der Waals surface area contributed by atoms with E-state index in [0.717, 1.165) is 5.56 Å². The number of aliphatic carboxylic acids is 1. The van der Waals surface area contributed by atoms with Crippen molar-refractivity contribution >= 4 is 23.5 Å². The third-order valence-corrected chi connectivity index (χ3v) is 4.19. The van der Waals surface area contributed by atoms with Crippen LogP contribution in [0.15, 0.2) is 51.0 Å². The number of carbonyl (C=O) groups is 2. The molecule has 1 atom stereocenters. The van der Waals surface area contributed by atoms with Crippen LogP contribution in [0.25, 0.3) is 0 Å². The maximum Gasteiger partial charge on any atom is 0.310 e. The van der Waals surface area contributed by atoms with Gasteiger partial charge in [-0.15, -0.1) is 10.2 Å². The summed E-state index contributed by atoms with van der Waals surface area (Å²) in [6.45, 7) is 0. The van der Waals surface area contributed by atoms with Crippen LogP contribution >= 0.6 is 11.8 Å². The number of aliphatic hydroxyl groups excluding tert-OH is 1. The quantitative estimate of drug-likeness (QED) is 0.710. The summed E-state index contributed by atoms with van der Waals surface area (Å²) in [5.41, 5.74) is 0.758. The summed E-state index contributed by atoms with van der Waals surface area (Å²) in [5, 5.41) is 33.5. The number of hydrogen-bond donors (Lipinski definition) is 2. The zero-order valence-corrected chi connectivity index (χ0v) is 12.3. The van der Waals surface area contributed by atoms with Crippen LogP contribution in [0.5, 0.6) is 0 Å². The third-order valence-electron chi connectivity index (χ3n) is 2.84. The number of carboxylic acids is 1. The summed E-state index contributed by atoms with van der Waals surface area (Å²) in [7, 11) is 0. The topological polar surface area (TPSA) is 124 Å². The maximum atomic E-state index is 11.4. The van der Waals surface area contributed by atoms with E-state index in [-0.39, 0.29) is 12.2 Å². The van der Waals surface area contributed by atoms with Gasteiger partial charge in [0.2, 0.25) is 0 Å².